The van der Waals surface area contributed by atoms with Crippen molar-refractivity contribution < 1.29 is 0 Å². The molecule has 288 valence electrons. The largest absolute Gasteiger partial charge is 0.311 e. The van der Waals surface area contributed by atoms with E-state index in [2.05, 4.69) is 223 Å². The number of aryl methyl sites for hydroxylation is 3. The third kappa shape index (κ3) is 6.03. The molecule has 3 aliphatic rings. The number of benzene rings is 9. The molecule has 1 aliphatic carbocycles. The number of anilines is 6. The monoisotopic (exact) mass is 778 g/mol. The van der Waals surface area contributed by atoms with E-state index >= 15 is 0 Å². The maximum Gasteiger partial charge on any atom is 0.252 e. The summed E-state index contributed by atoms with van der Waals surface area (Å²) in [6.45, 7) is 2.35. The quantitative estimate of drug-likeness (QED) is 0.155. The maximum atomic E-state index is 2.61. The lowest BCUT2D eigenvalue weighted by Gasteiger charge is -2.44. The van der Waals surface area contributed by atoms with Crippen molar-refractivity contribution in [2.24, 2.45) is 0 Å². The first-order valence-corrected chi connectivity index (χ1v) is 21.7. The van der Waals surface area contributed by atoms with Crippen molar-refractivity contribution in [1.29, 1.82) is 0 Å². The molecule has 0 N–H and O–H groups in total. The van der Waals surface area contributed by atoms with Crippen LogP contribution in [0.15, 0.2) is 206 Å². The van der Waals surface area contributed by atoms with Gasteiger partial charge in [-0.15, -0.1) is 0 Å². The Balaban J connectivity index is 1.15. The highest BCUT2D eigenvalue weighted by atomic mass is 15.2. The van der Waals surface area contributed by atoms with Crippen LogP contribution in [0, 0.1) is 6.92 Å². The summed E-state index contributed by atoms with van der Waals surface area (Å²) in [4.78, 5) is 5.17. The zero-order valence-electron chi connectivity index (χ0n) is 34.2. The summed E-state index contributed by atoms with van der Waals surface area (Å²) in [5, 5.41) is 0. The molecule has 0 aromatic heterocycles. The molecule has 2 nitrogen and oxygen atoms in total. The maximum absolute atomic E-state index is 2.61. The van der Waals surface area contributed by atoms with Crippen molar-refractivity contribution in [3.05, 3.63) is 223 Å². The van der Waals surface area contributed by atoms with Gasteiger partial charge >= 0.3 is 0 Å². The predicted octanol–water partition coefficient (Wildman–Crippen LogP) is 13.2. The molecule has 0 spiro atoms. The van der Waals surface area contributed by atoms with E-state index in [1.54, 1.807) is 0 Å². The molecular formula is C58H43BN2. The summed E-state index contributed by atoms with van der Waals surface area (Å²) < 4.78 is 0. The van der Waals surface area contributed by atoms with Crippen LogP contribution in [0.25, 0.3) is 44.5 Å². The van der Waals surface area contributed by atoms with Crippen molar-refractivity contribution in [1.82, 2.24) is 0 Å². The molecule has 0 amide bonds. The minimum atomic E-state index is 0.0759. The van der Waals surface area contributed by atoms with Gasteiger partial charge in [0.1, 0.15) is 0 Å². The topological polar surface area (TPSA) is 6.48 Å². The van der Waals surface area contributed by atoms with E-state index in [9.17, 15) is 0 Å². The zero-order valence-corrected chi connectivity index (χ0v) is 34.2. The molecule has 0 unspecified atom stereocenters. The fourth-order valence-electron chi connectivity index (χ4n) is 10.4. The van der Waals surface area contributed by atoms with Gasteiger partial charge in [-0.25, -0.2) is 0 Å². The van der Waals surface area contributed by atoms with Gasteiger partial charge < -0.3 is 9.80 Å². The molecule has 3 heteroatoms. The number of fused-ring (bicyclic) bond motifs is 5. The second-order valence-electron chi connectivity index (χ2n) is 16.9. The Morgan fingerprint density at radius 3 is 1.23 bits per heavy atom. The van der Waals surface area contributed by atoms with Crippen molar-refractivity contribution in [3.8, 4) is 44.5 Å². The lowest BCUT2D eigenvalue weighted by molar-refractivity contribution is 0.912. The number of hydrogen-bond donors (Lipinski definition) is 0. The van der Waals surface area contributed by atoms with Crippen LogP contribution in [0.5, 0.6) is 0 Å². The van der Waals surface area contributed by atoms with Crippen molar-refractivity contribution >= 4 is 57.2 Å². The van der Waals surface area contributed by atoms with Crippen LogP contribution in [-0.2, 0) is 12.8 Å². The molecule has 12 rings (SSSR count). The van der Waals surface area contributed by atoms with Crippen molar-refractivity contribution in [2.75, 3.05) is 9.80 Å². The molecule has 0 atom stereocenters. The molecule has 0 fully saturated rings. The Bertz CT molecular complexity index is 3010. The molecular weight excluding hydrogens is 735 g/mol. The fraction of sp³-hybridized carbons (Fsp3) is 0.0690. The lowest BCUT2D eigenvalue weighted by Crippen LogP contribution is -2.61. The Labute approximate surface area is 359 Å². The summed E-state index contributed by atoms with van der Waals surface area (Å²) in [7, 11) is 0. The van der Waals surface area contributed by atoms with Crippen LogP contribution < -0.4 is 26.2 Å². The third-order valence-electron chi connectivity index (χ3n) is 13.1. The second-order valence-corrected chi connectivity index (χ2v) is 16.9. The Hall–Kier alpha value is -7.36. The van der Waals surface area contributed by atoms with Gasteiger partial charge in [0.25, 0.3) is 6.71 Å². The van der Waals surface area contributed by atoms with Crippen LogP contribution in [0.4, 0.5) is 34.1 Å². The van der Waals surface area contributed by atoms with Crippen LogP contribution in [0.3, 0.4) is 0 Å². The summed E-state index contributed by atoms with van der Waals surface area (Å²) in [5.41, 5.74) is 25.3. The normalized spacial score (nSPS) is 13.4. The number of rotatable bonds is 6. The van der Waals surface area contributed by atoms with E-state index in [-0.39, 0.29) is 6.71 Å². The minimum absolute atomic E-state index is 0.0759. The summed E-state index contributed by atoms with van der Waals surface area (Å²) in [5.74, 6) is 0. The minimum Gasteiger partial charge on any atom is -0.311 e. The van der Waals surface area contributed by atoms with E-state index in [4.69, 9.17) is 0 Å². The molecule has 0 saturated carbocycles. The molecule has 9 aromatic carbocycles. The highest BCUT2D eigenvalue weighted by Gasteiger charge is 2.44. The SMILES string of the molecule is Cc1cc2c3c(c1)N(c1cc(-c4ccccc4)cc(-c4ccccc4)c1)c1cc4c(cc1B3c1ccccc1N2c1cc(-c2ccccc2)cc(-c2ccccc2)c1)CCC4. The summed E-state index contributed by atoms with van der Waals surface area (Å²) >= 11 is 0. The first-order valence-electron chi connectivity index (χ1n) is 21.7. The molecule has 0 saturated heterocycles. The van der Waals surface area contributed by atoms with Crippen LogP contribution in [0.1, 0.15) is 23.1 Å². The van der Waals surface area contributed by atoms with Gasteiger partial charge in [-0.2, -0.15) is 0 Å². The highest BCUT2D eigenvalue weighted by molar-refractivity contribution is 7.00. The molecule has 0 bridgehead atoms. The zero-order chi connectivity index (χ0) is 40.4. The van der Waals surface area contributed by atoms with E-state index in [1.807, 2.05) is 0 Å². The predicted molar refractivity (Wildman–Crippen MR) is 259 cm³/mol. The van der Waals surface area contributed by atoms with E-state index in [1.165, 1.54) is 112 Å². The highest BCUT2D eigenvalue weighted by Crippen LogP contribution is 2.48. The Morgan fingerprint density at radius 2 is 0.754 bits per heavy atom. The van der Waals surface area contributed by atoms with Crippen molar-refractivity contribution in [3.63, 3.8) is 0 Å². The van der Waals surface area contributed by atoms with E-state index < -0.39 is 0 Å². The van der Waals surface area contributed by atoms with Crippen LogP contribution >= 0.6 is 0 Å². The van der Waals surface area contributed by atoms with E-state index in [0.29, 0.717) is 0 Å². The van der Waals surface area contributed by atoms with E-state index in [0.717, 1.165) is 18.5 Å². The molecule has 2 aliphatic heterocycles. The summed E-state index contributed by atoms with van der Waals surface area (Å²) in [6.07, 6.45) is 3.46. The van der Waals surface area contributed by atoms with Gasteiger partial charge in [0.05, 0.1) is 0 Å². The molecule has 2 heterocycles. The Kier molecular flexibility index (Phi) is 8.42. The van der Waals surface area contributed by atoms with Crippen LogP contribution in [-0.4, -0.2) is 6.71 Å². The standard InChI is InChI=1S/C58H43BN2/c1-39-29-56-58-57(30-39)61(51-35-48(42-21-10-4-11-22-42)32-49(36-51)43-23-12-5-13-24-43)55-38-45-26-16-25-44(45)37-53(55)59(58)52-27-14-15-28-54(52)60(56)50-33-46(40-17-6-2-7-18-40)31-47(34-50)41-19-8-3-9-20-41/h2-15,17-24,27-38H,16,25-26H2,1H3. The van der Waals surface area contributed by atoms with Crippen molar-refractivity contribution in [2.45, 2.75) is 26.2 Å². The first-order chi connectivity index (χ1) is 30.1. The number of nitrogens with zero attached hydrogens (tertiary/aromatic N) is 2. The fourth-order valence-corrected chi connectivity index (χ4v) is 10.4. The lowest BCUT2D eigenvalue weighted by atomic mass is 9.33. The summed E-state index contributed by atoms with van der Waals surface area (Å²) in [6, 6.07) is 76.9. The van der Waals surface area contributed by atoms with Gasteiger partial charge in [-0.3, -0.25) is 0 Å². The Morgan fingerprint density at radius 1 is 0.344 bits per heavy atom. The number of hydrogen-bond acceptors (Lipinski definition) is 2. The first kappa shape index (κ1) is 35.6. The molecule has 0 radical (unpaired) electrons. The van der Waals surface area contributed by atoms with Gasteiger partial charge in [-0.1, -0.05) is 146 Å². The van der Waals surface area contributed by atoms with Crippen LogP contribution in [0.2, 0.25) is 0 Å². The third-order valence-corrected chi connectivity index (χ3v) is 13.1. The van der Waals surface area contributed by atoms with Gasteiger partial charge in [-0.05, 0) is 164 Å². The van der Waals surface area contributed by atoms with Gasteiger partial charge in [0.2, 0.25) is 0 Å². The molecule has 9 aromatic rings. The second kappa shape index (κ2) is 14.4. The number of para-hydroxylation sites is 1. The average molecular weight is 779 g/mol. The molecule has 61 heavy (non-hydrogen) atoms. The van der Waals surface area contributed by atoms with Gasteiger partial charge in [0.15, 0.2) is 0 Å². The van der Waals surface area contributed by atoms with Gasteiger partial charge in [0, 0.05) is 34.1 Å². The average Bonchev–Trinajstić information content (AvgIpc) is 3.79. The smallest absolute Gasteiger partial charge is 0.252 e.